The Bertz CT molecular complexity index is 1570. The van der Waals surface area contributed by atoms with E-state index in [0.717, 1.165) is 73.8 Å². The van der Waals surface area contributed by atoms with Gasteiger partial charge < -0.3 is 24.4 Å². The van der Waals surface area contributed by atoms with Crippen LogP contribution in [0.5, 0.6) is 5.88 Å². The van der Waals surface area contributed by atoms with Crippen molar-refractivity contribution in [3.8, 4) is 17.0 Å². The summed E-state index contributed by atoms with van der Waals surface area (Å²) in [6.45, 7) is 21.9. The molecule has 1 unspecified atom stereocenters. The number of carboxylic acid groups (broad SMARTS) is 1. The smallest absolute Gasteiger partial charge is 0.337 e. The first-order valence-electron chi connectivity index (χ1n) is 16.2. The first-order valence-corrected chi connectivity index (χ1v) is 16.2. The van der Waals surface area contributed by atoms with E-state index in [-0.39, 0.29) is 5.41 Å². The summed E-state index contributed by atoms with van der Waals surface area (Å²) in [6, 6.07) is 8.57. The van der Waals surface area contributed by atoms with Gasteiger partial charge >= 0.3 is 5.97 Å². The highest BCUT2D eigenvalue weighted by molar-refractivity contribution is 5.88. The average Bonchev–Trinajstić information content (AvgIpc) is 2.95. The molecule has 2 aromatic heterocycles. The number of aryl methyl sites for hydroxylation is 3. The molecule has 45 heavy (non-hydrogen) atoms. The third kappa shape index (κ3) is 7.24. The Kier molecular flexibility index (Phi) is 9.13. The Morgan fingerprint density at radius 1 is 0.978 bits per heavy atom. The van der Waals surface area contributed by atoms with E-state index in [9.17, 15) is 9.90 Å². The van der Waals surface area contributed by atoms with E-state index in [0.29, 0.717) is 29.6 Å². The molecule has 2 aliphatic heterocycles. The molecule has 9 heteroatoms. The van der Waals surface area contributed by atoms with Gasteiger partial charge in [-0.05, 0) is 89.8 Å². The lowest BCUT2D eigenvalue weighted by atomic mass is 9.81. The van der Waals surface area contributed by atoms with Gasteiger partial charge in [0.2, 0.25) is 5.88 Å². The van der Waals surface area contributed by atoms with Crippen molar-refractivity contribution in [1.82, 2.24) is 15.0 Å². The SMILES string of the molecule is CCOc1cc(N2CCc3cc(-c4c(C)nc(C)c(C(OC(C)(C)C)C(=O)O)c4N4CCC(C)(C)CC4)ccc3C2)nc(C)n1. The molecule has 1 N–H and O–H groups in total. The van der Waals surface area contributed by atoms with Crippen LogP contribution in [0, 0.1) is 26.2 Å². The summed E-state index contributed by atoms with van der Waals surface area (Å²) in [4.78, 5) is 31.6. The fourth-order valence-corrected chi connectivity index (χ4v) is 6.57. The molecule has 242 valence electrons. The molecule has 1 atom stereocenters. The summed E-state index contributed by atoms with van der Waals surface area (Å²) in [7, 11) is 0. The molecule has 0 aliphatic carbocycles. The molecule has 1 saturated heterocycles. The number of fused-ring (bicyclic) bond motifs is 1. The maximum atomic E-state index is 12.8. The van der Waals surface area contributed by atoms with Crippen molar-refractivity contribution in [2.24, 2.45) is 5.41 Å². The van der Waals surface area contributed by atoms with E-state index in [2.05, 4.69) is 46.8 Å². The van der Waals surface area contributed by atoms with E-state index < -0.39 is 17.7 Å². The van der Waals surface area contributed by atoms with Crippen LogP contribution in [0.15, 0.2) is 24.3 Å². The molecule has 4 heterocycles. The highest BCUT2D eigenvalue weighted by atomic mass is 16.5. The highest BCUT2D eigenvalue weighted by Gasteiger charge is 2.36. The Labute approximate surface area is 268 Å². The van der Waals surface area contributed by atoms with Gasteiger partial charge in [-0.25, -0.2) is 9.78 Å². The minimum atomic E-state index is -1.13. The van der Waals surface area contributed by atoms with Crippen LogP contribution >= 0.6 is 0 Å². The number of hydrogen-bond donors (Lipinski definition) is 1. The second kappa shape index (κ2) is 12.6. The van der Waals surface area contributed by atoms with Crippen molar-refractivity contribution in [3.05, 3.63) is 58.2 Å². The number of nitrogens with zero attached hydrogens (tertiary/aromatic N) is 5. The van der Waals surface area contributed by atoms with Gasteiger partial charge in [0.25, 0.3) is 0 Å². The molecule has 5 rings (SSSR count). The lowest BCUT2D eigenvalue weighted by Crippen LogP contribution is -2.39. The molecule has 0 radical (unpaired) electrons. The Morgan fingerprint density at radius 3 is 2.33 bits per heavy atom. The molecule has 3 aromatic rings. The number of hydrogen-bond acceptors (Lipinski definition) is 8. The minimum Gasteiger partial charge on any atom is -0.479 e. The van der Waals surface area contributed by atoms with Gasteiger partial charge in [0, 0.05) is 54.8 Å². The van der Waals surface area contributed by atoms with Gasteiger partial charge in [-0.1, -0.05) is 32.0 Å². The number of carbonyl (C=O) groups is 1. The van der Waals surface area contributed by atoms with E-state index in [1.165, 1.54) is 11.1 Å². The normalized spacial score (nSPS) is 17.2. The number of carboxylic acids is 1. The maximum absolute atomic E-state index is 12.8. The summed E-state index contributed by atoms with van der Waals surface area (Å²) >= 11 is 0. The van der Waals surface area contributed by atoms with Gasteiger partial charge in [-0.2, -0.15) is 4.98 Å². The van der Waals surface area contributed by atoms with Crippen molar-refractivity contribution in [3.63, 3.8) is 0 Å². The average molecular weight is 616 g/mol. The number of aromatic nitrogens is 3. The number of anilines is 2. The third-order valence-electron chi connectivity index (χ3n) is 8.89. The third-order valence-corrected chi connectivity index (χ3v) is 8.89. The van der Waals surface area contributed by atoms with Crippen molar-refractivity contribution >= 4 is 17.5 Å². The molecule has 1 aromatic carbocycles. The first-order chi connectivity index (χ1) is 21.2. The van der Waals surface area contributed by atoms with Crippen molar-refractivity contribution in [2.45, 2.75) is 99.8 Å². The van der Waals surface area contributed by atoms with E-state index >= 15 is 0 Å². The lowest BCUT2D eigenvalue weighted by molar-refractivity contribution is -0.160. The summed E-state index contributed by atoms with van der Waals surface area (Å²) in [5.74, 6) is 1.17. The molecular weight excluding hydrogens is 566 g/mol. The highest BCUT2D eigenvalue weighted by Crippen LogP contribution is 2.45. The van der Waals surface area contributed by atoms with Crippen molar-refractivity contribution in [1.29, 1.82) is 0 Å². The number of ether oxygens (including phenoxy) is 2. The number of aliphatic carboxylic acids is 1. The van der Waals surface area contributed by atoms with Crippen LogP contribution in [0.25, 0.3) is 11.1 Å². The van der Waals surface area contributed by atoms with Crippen molar-refractivity contribution in [2.75, 3.05) is 36.0 Å². The van der Waals surface area contributed by atoms with Crippen LogP contribution < -0.4 is 14.5 Å². The van der Waals surface area contributed by atoms with Gasteiger partial charge in [-0.15, -0.1) is 0 Å². The van der Waals surface area contributed by atoms with Gasteiger partial charge in [-0.3, -0.25) is 4.98 Å². The zero-order chi connectivity index (χ0) is 32.7. The molecule has 0 spiro atoms. The summed E-state index contributed by atoms with van der Waals surface area (Å²) in [6.07, 6.45) is 1.78. The number of piperidine rings is 1. The maximum Gasteiger partial charge on any atom is 0.337 e. The van der Waals surface area contributed by atoms with Gasteiger partial charge in [0.1, 0.15) is 11.6 Å². The zero-order valence-electron chi connectivity index (χ0n) is 28.5. The Balaban J connectivity index is 1.59. The zero-order valence-corrected chi connectivity index (χ0v) is 28.5. The largest absolute Gasteiger partial charge is 0.479 e. The van der Waals surface area contributed by atoms with Crippen LogP contribution in [0.4, 0.5) is 11.5 Å². The molecule has 0 amide bonds. The van der Waals surface area contributed by atoms with Crippen LogP contribution in [-0.2, 0) is 22.5 Å². The van der Waals surface area contributed by atoms with Crippen LogP contribution in [-0.4, -0.2) is 57.9 Å². The van der Waals surface area contributed by atoms with Crippen LogP contribution in [0.1, 0.15) is 94.4 Å². The first kappa shape index (κ1) is 32.7. The molecule has 9 nitrogen and oxygen atoms in total. The fraction of sp³-hybridized carbons (Fsp3) is 0.556. The van der Waals surface area contributed by atoms with E-state index in [4.69, 9.17) is 19.4 Å². The standard InChI is InChI=1S/C36H49N5O4/c1-10-44-29-20-28(38-24(4)39-29)41-16-13-25-19-26(11-12-27(25)21-41)30-22(2)37-23(3)31(33(34(42)43)45-35(5,6)7)32(30)40-17-14-36(8,9)15-18-40/h11-12,19-20,33H,10,13-18,21H2,1-9H3,(H,42,43). The predicted octanol–water partition coefficient (Wildman–Crippen LogP) is 6.99. The number of benzene rings is 1. The number of pyridine rings is 1. The summed E-state index contributed by atoms with van der Waals surface area (Å²) in [5.41, 5.74) is 7.39. The molecular formula is C36H49N5O4. The summed E-state index contributed by atoms with van der Waals surface area (Å²) < 4.78 is 11.9. The quantitative estimate of drug-likeness (QED) is 0.287. The van der Waals surface area contributed by atoms with Crippen LogP contribution in [0.3, 0.4) is 0 Å². The van der Waals surface area contributed by atoms with E-state index in [1.54, 1.807) is 0 Å². The minimum absolute atomic E-state index is 0.241. The topological polar surface area (TPSA) is 101 Å². The Hall–Kier alpha value is -3.72. The molecule has 0 saturated carbocycles. The molecule has 1 fully saturated rings. The fourth-order valence-electron chi connectivity index (χ4n) is 6.57. The van der Waals surface area contributed by atoms with Crippen LogP contribution in [0.2, 0.25) is 0 Å². The molecule has 2 aliphatic rings. The predicted molar refractivity (Wildman–Crippen MR) is 178 cm³/mol. The monoisotopic (exact) mass is 615 g/mol. The van der Waals surface area contributed by atoms with E-state index in [1.807, 2.05) is 54.5 Å². The summed E-state index contributed by atoms with van der Waals surface area (Å²) in [5, 5.41) is 10.5. The molecule has 0 bridgehead atoms. The van der Waals surface area contributed by atoms with Gasteiger partial charge in [0.05, 0.1) is 17.9 Å². The van der Waals surface area contributed by atoms with Gasteiger partial charge in [0.15, 0.2) is 6.10 Å². The lowest BCUT2D eigenvalue weighted by Gasteiger charge is -2.41. The second-order valence-corrected chi connectivity index (χ2v) is 14.2. The Morgan fingerprint density at radius 2 is 1.69 bits per heavy atom. The van der Waals surface area contributed by atoms with Crippen molar-refractivity contribution < 1.29 is 19.4 Å². The second-order valence-electron chi connectivity index (χ2n) is 14.2. The number of rotatable bonds is 8.